The Balaban J connectivity index is 2.27. The molecule has 2 N–H and O–H groups in total. The van der Waals surface area contributed by atoms with Gasteiger partial charge in [0.15, 0.2) is 0 Å². The number of hydrogen-bond acceptors (Lipinski definition) is 4. The second kappa shape index (κ2) is 7.81. The summed E-state index contributed by atoms with van der Waals surface area (Å²) in [5, 5.41) is 11.8. The van der Waals surface area contributed by atoms with Gasteiger partial charge in [-0.15, -0.1) is 0 Å². The zero-order chi connectivity index (χ0) is 18.4. The molecule has 0 radical (unpaired) electrons. The Bertz CT molecular complexity index is 915. The van der Waals surface area contributed by atoms with Crippen LogP contribution in [0.1, 0.15) is 29.8 Å². The standard InChI is InChI=1S/C18H19N3O3S/c1-13(2)12-20-18(22)14-7-5-8-16(10-14)25(23,24)21-17-9-4-3-6-15(17)11-19/h3-10,13,21H,12H2,1-2H3,(H,20,22). The normalized spacial score (nSPS) is 11.0. The number of nitrogens with one attached hydrogen (secondary N) is 2. The fourth-order valence-electron chi connectivity index (χ4n) is 2.08. The number of para-hydroxylation sites is 1. The molecule has 7 heteroatoms. The van der Waals surface area contributed by atoms with E-state index in [1.165, 1.54) is 30.3 Å². The summed E-state index contributed by atoms with van der Waals surface area (Å²) >= 11 is 0. The molecule has 0 heterocycles. The lowest BCUT2D eigenvalue weighted by Crippen LogP contribution is -2.27. The minimum Gasteiger partial charge on any atom is -0.352 e. The van der Waals surface area contributed by atoms with Crippen LogP contribution in [0.3, 0.4) is 0 Å². The first-order chi connectivity index (χ1) is 11.8. The largest absolute Gasteiger partial charge is 0.352 e. The molecule has 1 amide bonds. The van der Waals surface area contributed by atoms with Gasteiger partial charge in [0.2, 0.25) is 0 Å². The van der Waals surface area contributed by atoms with E-state index in [2.05, 4.69) is 10.0 Å². The van der Waals surface area contributed by atoms with Crippen LogP contribution in [0.5, 0.6) is 0 Å². The molecule has 0 saturated carbocycles. The van der Waals surface area contributed by atoms with Crippen LogP contribution >= 0.6 is 0 Å². The van der Waals surface area contributed by atoms with E-state index < -0.39 is 10.0 Å². The number of carbonyl (C=O) groups excluding carboxylic acids is 1. The minimum atomic E-state index is -3.91. The first-order valence-corrected chi connectivity index (χ1v) is 9.22. The quantitative estimate of drug-likeness (QED) is 0.830. The summed E-state index contributed by atoms with van der Waals surface area (Å²) in [5.74, 6) is -0.0387. The second-order valence-electron chi connectivity index (χ2n) is 5.89. The van der Waals surface area contributed by atoms with E-state index in [4.69, 9.17) is 5.26 Å². The Morgan fingerprint density at radius 1 is 1.16 bits per heavy atom. The average molecular weight is 357 g/mol. The number of amides is 1. The lowest BCUT2D eigenvalue weighted by atomic mass is 10.2. The second-order valence-corrected chi connectivity index (χ2v) is 7.58. The molecule has 0 saturated heterocycles. The lowest BCUT2D eigenvalue weighted by molar-refractivity contribution is 0.0949. The third-order valence-corrected chi connectivity index (χ3v) is 4.73. The fourth-order valence-corrected chi connectivity index (χ4v) is 3.20. The van der Waals surface area contributed by atoms with Crippen LogP contribution in [0.15, 0.2) is 53.4 Å². The lowest BCUT2D eigenvalue weighted by Gasteiger charge is -2.11. The molecule has 2 aromatic rings. The predicted octanol–water partition coefficient (Wildman–Crippen LogP) is 2.74. The Labute approximate surface area is 147 Å². The van der Waals surface area contributed by atoms with E-state index in [0.29, 0.717) is 12.5 Å². The molecule has 0 bridgehead atoms. The molecule has 25 heavy (non-hydrogen) atoms. The molecule has 0 spiro atoms. The van der Waals surface area contributed by atoms with Crippen LogP contribution in [0, 0.1) is 17.2 Å². The van der Waals surface area contributed by atoms with Gasteiger partial charge in [-0.1, -0.05) is 32.0 Å². The third-order valence-electron chi connectivity index (χ3n) is 3.37. The molecule has 0 atom stereocenters. The van der Waals surface area contributed by atoms with Gasteiger partial charge in [-0.3, -0.25) is 9.52 Å². The Hall–Kier alpha value is -2.85. The van der Waals surface area contributed by atoms with Gasteiger partial charge in [0, 0.05) is 12.1 Å². The van der Waals surface area contributed by atoms with E-state index in [1.54, 1.807) is 18.2 Å². The van der Waals surface area contributed by atoms with Crippen LogP contribution in [0.4, 0.5) is 5.69 Å². The topological polar surface area (TPSA) is 99.1 Å². The average Bonchev–Trinajstić information content (AvgIpc) is 2.60. The number of carbonyl (C=O) groups is 1. The van der Waals surface area contributed by atoms with Crippen molar-refractivity contribution in [2.75, 3.05) is 11.3 Å². The molecular weight excluding hydrogens is 338 g/mol. The van der Waals surface area contributed by atoms with Crippen LogP contribution in [-0.2, 0) is 10.0 Å². The van der Waals surface area contributed by atoms with Crippen molar-refractivity contribution in [2.45, 2.75) is 18.7 Å². The van der Waals surface area contributed by atoms with Gasteiger partial charge in [-0.05, 0) is 36.2 Å². The zero-order valence-corrected chi connectivity index (χ0v) is 14.8. The van der Waals surface area contributed by atoms with Gasteiger partial charge in [-0.25, -0.2) is 8.42 Å². The monoisotopic (exact) mass is 357 g/mol. The molecule has 0 aliphatic heterocycles. The van der Waals surface area contributed by atoms with Gasteiger partial charge in [0.05, 0.1) is 16.1 Å². The highest BCUT2D eigenvalue weighted by Gasteiger charge is 2.18. The maximum atomic E-state index is 12.6. The molecular formula is C18H19N3O3S. The Kier molecular flexibility index (Phi) is 5.78. The number of anilines is 1. The van der Waals surface area contributed by atoms with E-state index >= 15 is 0 Å². The van der Waals surface area contributed by atoms with E-state index in [9.17, 15) is 13.2 Å². The van der Waals surface area contributed by atoms with Crippen molar-refractivity contribution in [3.05, 3.63) is 59.7 Å². The third kappa shape index (κ3) is 4.81. The number of benzene rings is 2. The van der Waals surface area contributed by atoms with Crippen molar-refractivity contribution in [3.8, 4) is 6.07 Å². The Morgan fingerprint density at radius 3 is 2.56 bits per heavy atom. The summed E-state index contributed by atoms with van der Waals surface area (Å²) in [6.45, 7) is 4.44. The smallest absolute Gasteiger partial charge is 0.261 e. The highest BCUT2D eigenvalue weighted by atomic mass is 32.2. The predicted molar refractivity (Wildman–Crippen MR) is 95.6 cm³/mol. The summed E-state index contributed by atoms with van der Waals surface area (Å²) in [6, 6.07) is 14.0. The van der Waals surface area contributed by atoms with Gasteiger partial charge in [0.25, 0.3) is 15.9 Å². The van der Waals surface area contributed by atoms with Gasteiger partial charge >= 0.3 is 0 Å². The van der Waals surface area contributed by atoms with Crippen LogP contribution < -0.4 is 10.0 Å². The number of sulfonamides is 1. The number of rotatable bonds is 6. The molecule has 2 rings (SSSR count). The molecule has 0 unspecified atom stereocenters. The highest BCUT2D eigenvalue weighted by molar-refractivity contribution is 7.92. The van der Waals surface area contributed by atoms with Gasteiger partial charge < -0.3 is 5.32 Å². The fraction of sp³-hybridized carbons (Fsp3) is 0.222. The van der Waals surface area contributed by atoms with Crippen LogP contribution in [0.25, 0.3) is 0 Å². The molecule has 2 aromatic carbocycles. The molecule has 0 fully saturated rings. The van der Waals surface area contributed by atoms with Gasteiger partial charge in [-0.2, -0.15) is 5.26 Å². The van der Waals surface area contributed by atoms with Crippen molar-refractivity contribution < 1.29 is 13.2 Å². The van der Waals surface area contributed by atoms with E-state index in [0.717, 1.165) is 0 Å². The molecule has 130 valence electrons. The van der Waals surface area contributed by atoms with Gasteiger partial charge in [0.1, 0.15) is 6.07 Å². The Morgan fingerprint density at radius 2 is 1.88 bits per heavy atom. The van der Waals surface area contributed by atoms with Crippen molar-refractivity contribution in [2.24, 2.45) is 5.92 Å². The van der Waals surface area contributed by atoms with Crippen molar-refractivity contribution >= 4 is 21.6 Å². The summed E-state index contributed by atoms with van der Waals surface area (Å²) in [7, 11) is -3.91. The van der Waals surface area contributed by atoms with Crippen LogP contribution in [-0.4, -0.2) is 20.9 Å². The molecule has 0 aromatic heterocycles. The maximum absolute atomic E-state index is 12.6. The van der Waals surface area contributed by atoms with Crippen LogP contribution in [0.2, 0.25) is 0 Å². The highest BCUT2D eigenvalue weighted by Crippen LogP contribution is 2.20. The van der Waals surface area contributed by atoms with E-state index in [-0.39, 0.29) is 27.6 Å². The molecule has 6 nitrogen and oxygen atoms in total. The maximum Gasteiger partial charge on any atom is 0.261 e. The summed E-state index contributed by atoms with van der Waals surface area (Å²) < 4.78 is 27.5. The van der Waals surface area contributed by atoms with E-state index in [1.807, 2.05) is 19.9 Å². The SMILES string of the molecule is CC(C)CNC(=O)c1cccc(S(=O)(=O)Nc2ccccc2C#N)c1. The summed E-state index contributed by atoms with van der Waals surface area (Å²) in [6.07, 6.45) is 0. The number of nitrogens with zero attached hydrogens (tertiary/aromatic N) is 1. The van der Waals surface area contributed by atoms with Crippen molar-refractivity contribution in [1.82, 2.24) is 5.32 Å². The van der Waals surface area contributed by atoms with Crippen molar-refractivity contribution in [1.29, 1.82) is 5.26 Å². The number of hydrogen-bond donors (Lipinski definition) is 2. The summed E-state index contributed by atoms with van der Waals surface area (Å²) in [4.78, 5) is 12.1. The summed E-state index contributed by atoms with van der Waals surface area (Å²) in [5.41, 5.74) is 0.675. The first kappa shape index (κ1) is 18.5. The molecule has 0 aliphatic rings. The number of nitriles is 1. The molecule has 0 aliphatic carbocycles. The van der Waals surface area contributed by atoms with Crippen molar-refractivity contribution in [3.63, 3.8) is 0 Å². The first-order valence-electron chi connectivity index (χ1n) is 7.73. The zero-order valence-electron chi connectivity index (χ0n) is 14.0. The minimum absolute atomic E-state index is 0.0440.